The van der Waals surface area contributed by atoms with E-state index >= 15 is 0 Å². The molecule has 1 heterocycles. The Kier molecular flexibility index (Phi) is 5.78. The van der Waals surface area contributed by atoms with Crippen molar-refractivity contribution in [2.24, 2.45) is 11.8 Å². The molecule has 1 aromatic carbocycles. The molecule has 1 aliphatic heterocycles. The van der Waals surface area contributed by atoms with Gasteiger partial charge in [0.05, 0.1) is 34.4 Å². The molecule has 7 heteroatoms. The molecule has 0 bridgehead atoms. The number of rotatable bonds is 5. The van der Waals surface area contributed by atoms with Gasteiger partial charge in [-0.2, -0.15) is 0 Å². The van der Waals surface area contributed by atoms with Crippen LogP contribution in [-0.2, 0) is 28.6 Å². The second kappa shape index (κ2) is 7.81. The van der Waals surface area contributed by atoms with Crippen molar-refractivity contribution in [1.29, 1.82) is 0 Å². The van der Waals surface area contributed by atoms with Crippen LogP contribution in [0, 0.1) is 11.8 Å². The van der Waals surface area contributed by atoms with Crippen LogP contribution in [0.2, 0.25) is 0 Å². The smallest absolute Gasteiger partial charge is 0.320 e. The second-order valence-corrected chi connectivity index (χ2v) is 5.44. The largest absolute Gasteiger partial charge is 0.493 e. The summed E-state index contributed by atoms with van der Waals surface area (Å²) in [5, 5.41) is 0. The van der Waals surface area contributed by atoms with Crippen LogP contribution in [0.5, 0.6) is 5.75 Å². The summed E-state index contributed by atoms with van der Waals surface area (Å²) in [7, 11) is 3.70. The van der Waals surface area contributed by atoms with Crippen molar-refractivity contribution in [1.82, 2.24) is 0 Å². The Morgan fingerprint density at radius 3 is 2.29 bits per heavy atom. The molecule has 0 spiro atoms. The van der Waals surface area contributed by atoms with Crippen molar-refractivity contribution in [3.05, 3.63) is 29.8 Å². The average molecular weight is 336 g/mol. The molecule has 7 nitrogen and oxygen atoms in total. The van der Waals surface area contributed by atoms with E-state index in [1.54, 1.807) is 24.3 Å². The topological polar surface area (TPSA) is 88.1 Å². The maximum atomic E-state index is 12.2. The number of hydrogen-bond acceptors (Lipinski definition) is 7. The minimum atomic E-state index is -1.18. The van der Waals surface area contributed by atoms with Crippen molar-refractivity contribution in [2.75, 3.05) is 27.9 Å². The van der Waals surface area contributed by atoms with Gasteiger partial charge < -0.3 is 18.9 Å². The fourth-order valence-electron chi connectivity index (χ4n) is 3.02. The average Bonchev–Trinajstić information content (AvgIpc) is 2.62. The third-order valence-corrected chi connectivity index (χ3v) is 4.16. The first-order chi connectivity index (χ1) is 11.5. The minimum Gasteiger partial charge on any atom is -0.493 e. The van der Waals surface area contributed by atoms with Crippen molar-refractivity contribution in [3.63, 3.8) is 0 Å². The van der Waals surface area contributed by atoms with Crippen LogP contribution in [0.1, 0.15) is 17.9 Å². The summed E-state index contributed by atoms with van der Waals surface area (Å²) in [6.07, 6.45) is 0.0139. The van der Waals surface area contributed by atoms with E-state index in [9.17, 15) is 14.4 Å². The first kappa shape index (κ1) is 17.8. The molecule has 0 N–H and O–H groups in total. The van der Waals surface area contributed by atoms with Gasteiger partial charge in [0.15, 0.2) is 5.92 Å². The fraction of sp³-hybridized carbons (Fsp3) is 0.471. The van der Waals surface area contributed by atoms with E-state index in [-0.39, 0.29) is 13.0 Å². The molecule has 0 saturated carbocycles. The second-order valence-electron chi connectivity index (χ2n) is 5.44. The Balaban J connectivity index is 2.49. The Morgan fingerprint density at radius 1 is 1.08 bits per heavy atom. The summed E-state index contributed by atoms with van der Waals surface area (Å²) in [4.78, 5) is 36.2. The normalized spacial score (nSPS) is 19.0. The van der Waals surface area contributed by atoms with E-state index in [4.69, 9.17) is 18.9 Å². The van der Waals surface area contributed by atoms with Crippen molar-refractivity contribution >= 4 is 17.9 Å². The quantitative estimate of drug-likeness (QED) is 0.455. The highest BCUT2D eigenvalue weighted by Gasteiger charge is 2.46. The van der Waals surface area contributed by atoms with Crippen LogP contribution in [0.25, 0.3) is 0 Å². The van der Waals surface area contributed by atoms with E-state index in [0.29, 0.717) is 11.3 Å². The first-order valence-electron chi connectivity index (χ1n) is 7.47. The van der Waals surface area contributed by atoms with Crippen LogP contribution in [0.15, 0.2) is 24.3 Å². The van der Waals surface area contributed by atoms with Crippen molar-refractivity contribution < 1.29 is 33.3 Å². The van der Waals surface area contributed by atoms with Crippen molar-refractivity contribution in [2.45, 2.75) is 12.3 Å². The van der Waals surface area contributed by atoms with Gasteiger partial charge in [0.25, 0.3) is 0 Å². The lowest BCUT2D eigenvalue weighted by atomic mass is 9.74. The third-order valence-electron chi connectivity index (χ3n) is 4.16. The lowest BCUT2D eigenvalue weighted by Gasteiger charge is -2.35. The maximum Gasteiger partial charge on any atom is 0.320 e. The van der Waals surface area contributed by atoms with Gasteiger partial charge in [0.2, 0.25) is 0 Å². The molecule has 2 atom stereocenters. The number of carbonyl (C=O) groups excluding carboxylic acids is 3. The van der Waals surface area contributed by atoms with Crippen molar-refractivity contribution in [3.8, 4) is 5.75 Å². The molecule has 2 rings (SSSR count). The maximum absolute atomic E-state index is 12.2. The lowest BCUT2D eigenvalue weighted by Crippen LogP contribution is -2.40. The number of carbonyl (C=O) groups is 3. The van der Waals surface area contributed by atoms with Crippen LogP contribution in [0.3, 0.4) is 0 Å². The van der Waals surface area contributed by atoms with Gasteiger partial charge in [0, 0.05) is 11.8 Å². The number of para-hydroxylation sites is 1. The van der Waals surface area contributed by atoms with Gasteiger partial charge in [-0.25, -0.2) is 0 Å². The zero-order valence-corrected chi connectivity index (χ0v) is 13.8. The Morgan fingerprint density at radius 2 is 1.71 bits per heavy atom. The van der Waals surface area contributed by atoms with Gasteiger partial charge >= 0.3 is 17.9 Å². The summed E-state index contributed by atoms with van der Waals surface area (Å²) in [5.74, 6) is -3.50. The number of esters is 3. The summed E-state index contributed by atoms with van der Waals surface area (Å²) >= 11 is 0. The molecule has 0 unspecified atom stereocenters. The van der Waals surface area contributed by atoms with E-state index in [1.165, 1.54) is 21.3 Å². The predicted octanol–water partition coefficient (Wildman–Crippen LogP) is 1.30. The van der Waals surface area contributed by atoms with Crippen LogP contribution in [-0.4, -0.2) is 45.8 Å². The molecule has 1 aromatic rings. The van der Waals surface area contributed by atoms with Gasteiger partial charge in [0.1, 0.15) is 5.75 Å². The molecule has 0 radical (unpaired) electrons. The van der Waals surface area contributed by atoms with E-state index in [1.807, 2.05) is 0 Å². The predicted molar refractivity (Wildman–Crippen MR) is 82.3 cm³/mol. The molecule has 0 aromatic heterocycles. The summed E-state index contributed by atoms with van der Waals surface area (Å²) in [6.45, 7) is 0.182. The van der Waals surface area contributed by atoms with Crippen LogP contribution >= 0.6 is 0 Å². The summed E-state index contributed by atoms with van der Waals surface area (Å²) < 4.78 is 20.0. The minimum absolute atomic E-state index is 0.0139. The molecule has 0 amide bonds. The van der Waals surface area contributed by atoms with Gasteiger partial charge in [-0.1, -0.05) is 18.2 Å². The molecule has 0 fully saturated rings. The Hall–Kier alpha value is -2.57. The fourth-order valence-corrected chi connectivity index (χ4v) is 3.02. The number of methoxy groups -OCH3 is 3. The molecular formula is C17H20O7. The molecule has 0 aliphatic carbocycles. The Labute approximate surface area is 139 Å². The lowest BCUT2D eigenvalue weighted by molar-refractivity contribution is -0.162. The van der Waals surface area contributed by atoms with Gasteiger partial charge in [-0.3, -0.25) is 14.4 Å². The monoisotopic (exact) mass is 336 g/mol. The highest BCUT2D eigenvalue weighted by atomic mass is 16.5. The zero-order valence-electron chi connectivity index (χ0n) is 13.8. The van der Waals surface area contributed by atoms with E-state index < -0.39 is 35.7 Å². The zero-order chi connectivity index (χ0) is 17.7. The number of ether oxygens (including phenoxy) is 4. The van der Waals surface area contributed by atoms with Crippen LogP contribution < -0.4 is 4.74 Å². The molecule has 0 saturated heterocycles. The molecular weight excluding hydrogens is 316 g/mol. The van der Waals surface area contributed by atoms with E-state index in [0.717, 1.165) is 0 Å². The van der Waals surface area contributed by atoms with Gasteiger partial charge in [-0.15, -0.1) is 0 Å². The Bertz CT molecular complexity index is 609. The number of fused-ring (bicyclic) bond motifs is 1. The van der Waals surface area contributed by atoms with Gasteiger partial charge in [-0.05, 0) is 11.6 Å². The molecule has 24 heavy (non-hydrogen) atoms. The third kappa shape index (κ3) is 3.50. The number of hydrogen-bond donors (Lipinski definition) is 0. The molecule has 1 aliphatic rings. The van der Waals surface area contributed by atoms with Crippen LogP contribution in [0.4, 0.5) is 0 Å². The summed E-state index contributed by atoms with van der Waals surface area (Å²) in [6, 6.07) is 7.09. The number of benzene rings is 1. The summed E-state index contributed by atoms with van der Waals surface area (Å²) in [5.41, 5.74) is 0.665. The highest BCUT2D eigenvalue weighted by Crippen LogP contribution is 2.43. The molecule has 130 valence electrons. The van der Waals surface area contributed by atoms with E-state index in [2.05, 4.69) is 0 Å². The highest BCUT2D eigenvalue weighted by molar-refractivity contribution is 5.96. The first-order valence-corrected chi connectivity index (χ1v) is 7.47. The standard InChI is InChI=1S/C17H20O7/c1-21-13(18)8-10-9-24-12-7-5-4-6-11(12)14(10)15(16(19)22-2)17(20)23-3/h4-7,10,14-15H,8-9H2,1-3H3/t10-,14+/m1/s1. The SMILES string of the molecule is COC(=O)C[C@@H]1COc2ccccc2[C@H]1C(C(=O)OC)C(=O)OC.